The van der Waals surface area contributed by atoms with Gasteiger partial charge in [-0.2, -0.15) is 0 Å². The quantitative estimate of drug-likeness (QED) is 0.720. The van der Waals surface area contributed by atoms with Crippen LogP contribution >= 0.6 is 11.3 Å². The van der Waals surface area contributed by atoms with Crippen molar-refractivity contribution in [1.29, 1.82) is 0 Å². The van der Waals surface area contributed by atoms with E-state index >= 15 is 0 Å². The van der Waals surface area contributed by atoms with E-state index in [1.165, 1.54) is 11.3 Å². The van der Waals surface area contributed by atoms with Crippen LogP contribution in [0.1, 0.15) is 21.8 Å². The van der Waals surface area contributed by atoms with Gasteiger partial charge in [-0.25, -0.2) is 4.98 Å². The predicted molar refractivity (Wildman–Crippen MR) is 94.1 cm³/mol. The van der Waals surface area contributed by atoms with Gasteiger partial charge in [0.05, 0.1) is 21.4 Å². The fraction of sp³-hybridized carbons (Fsp3) is 0.0588. The average Bonchev–Trinajstić information content (AvgIpc) is 3.16. The highest BCUT2D eigenvalue weighted by molar-refractivity contribution is 7.17. The first-order chi connectivity index (χ1) is 11.6. The van der Waals surface area contributed by atoms with Crippen molar-refractivity contribution in [2.24, 2.45) is 10.7 Å². The van der Waals surface area contributed by atoms with Crippen molar-refractivity contribution in [3.63, 3.8) is 0 Å². The summed E-state index contributed by atoms with van der Waals surface area (Å²) in [7, 11) is 0. The summed E-state index contributed by atoms with van der Waals surface area (Å²) in [6.07, 6.45) is 1.62. The third-order valence-electron chi connectivity index (χ3n) is 3.91. The monoisotopic (exact) mass is 336 g/mol. The van der Waals surface area contributed by atoms with Crippen LogP contribution < -0.4 is 11.1 Å². The van der Waals surface area contributed by atoms with Gasteiger partial charge >= 0.3 is 0 Å². The number of carbonyl (C=O) groups is 2. The molecule has 0 saturated heterocycles. The van der Waals surface area contributed by atoms with E-state index in [0.29, 0.717) is 11.3 Å². The highest BCUT2D eigenvalue weighted by Crippen LogP contribution is 2.39. The van der Waals surface area contributed by atoms with Gasteiger partial charge < -0.3 is 11.1 Å². The van der Waals surface area contributed by atoms with Crippen LogP contribution in [-0.2, 0) is 4.79 Å². The van der Waals surface area contributed by atoms with E-state index < -0.39 is 11.8 Å². The molecular weight excluding hydrogens is 324 g/mol. The number of aliphatic imine (C=N–C) groups is 1. The van der Waals surface area contributed by atoms with Gasteiger partial charge in [0.25, 0.3) is 0 Å². The van der Waals surface area contributed by atoms with Crippen LogP contribution in [0.25, 0.3) is 10.2 Å². The number of hydrogen-bond acceptors (Lipinski definition) is 5. The predicted octanol–water partition coefficient (Wildman–Crippen LogP) is 2.83. The van der Waals surface area contributed by atoms with Gasteiger partial charge in [-0.15, -0.1) is 11.3 Å². The number of nitrogens with zero attached hydrogens (tertiary/aromatic N) is 2. The van der Waals surface area contributed by atoms with Crippen LogP contribution in [0.3, 0.4) is 0 Å². The Balaban J connectivity index is 1.69. The molecule has 0 spiro atoms. The number of hydrogen-bond donors (Lipinski definition) is 2. The minimum Gasteiger partial charge on any atom is -0.366 e. The molecule has 24 heavy (non-hydrogen) atoms. The van der Waals surface area contributed by atoms with E-state index in [1.807, 2.05) is 12.1 Å². The van der Waals surface area contributed by atoms with Crippen molar-refractivity contribution in [1.82, 2.24) is 4.98 Å². The van der Waals surface area contributed by atoms with Gasteiger partial charge in [0, 0.05) is 23.0 Å². The molecule has 1 unspecified atom stereocenters. The van der Waals surface area contributed by atoms with Crippen LogP contribution in [-0.4, -0.2) is 23.0 Å². The Bertz CT molecular complexity index is 991. The maximum absolute atomic E-state index is 12.3. The van der Waals surface area contributed by atoms with Crippen LogP contribution in [0, 0.1) is 0 Å². The number of anilines is 1. The molecule has 1 aromatic heterocycles. The summed E-state index contributed by atoms with van der Waals surface area (Å²) in [4.78, 5) is 32.0. The molecule has 118 valence electrons. The molecule has 2 amide bonds. The van der Waals surface area contributed by atoms with Gasteiger partial charge in [-0.1, -0.05) is 0 Å². The van der Waals surface area contributed by atoms with Crippen LogP contribution in [0.2, 0.25) is 0 Å². The van der Waals surface area contributed by atoms with Gasteiger partial charge in [0.15, 0.2) is 0 Å². The molecule has 1 aliphatic rings. The largest absolute Gasteiger partial charge is 0.366 e. The summed E-state index contributed by atoms with van der Waals surface area (Å²) in [5, 5.41) is 2.88. The minimum absolute atomic E-state index is 0.108. The van der Waals surface area contributed by atoms with Gasteiger partial charge in [0.1, 0.15) is 5.92 Å². The summed E-state index contributed by atoms with van der Waals surface area (Å²) in [5.41, 5.74) is 10.6. The van der Waals surface area contributed by atoms with Crippen molar-refractivity contribution >= 4 is 51.0 Å². The number of primary amides is 1. The minimum atomic E-state index is -0.484. The molecule has 0 bridgehead atoms. The summed E-state index contributed by atoms with van der Waals surface area (Å²) >= 11 is 1.51. The van der Waals surface area contributed by atoms with E-state index in [9.17, 15) is 9.59 Å². The molecule has 2 heterocycles. The Morgan fingerprint density at radius 3 is 2.79 bits per heavy atom. The molecule has 0 saturated carbocycles. The molecular formula is C17H12N4O2S. The number of carbonyl (C=O) groups excluding carboxylic acids is 2. The third-order valence-corrected chi connectivity index (χ3v) is 4.79. The van der Waals surface area contributed by atoms with Crippen molar-refractivity contribution in [3.05, 3.63) is 53.0 Å². The zero-order valence-corrected chi connectivity index (χ0v) is 13.2. The van der Waals surface area contributed by atoms with E-state index in [-0.39, 0.29) is 5.91 Å². The number of thiazole rings is 1. The zero-order chi connectivity index (χ0) is 16.7. The fourth-order valence-electron chi connectivity index (χ4n) is 2.72. The number of fused-ring (bicyclic) bond motifs is 3. The Labute approximate surface area is 141 Å². The van der Waals surface area contributed by atoms with Crippen molar-refractivity contribution in [2.75, 3.05) is 5.32 Å². The smallest absolute Gasteiger partial charge is 0.248 e. The normalized spacial score (nSPS) is 16.5. The Kier molecular flexibility index (Phi) is 3.35. The summed E-state index contributed by atoms with van der Waals surface area (Å²) in [6, 6.07) is 10.4. The summed E-state index contributed by atoms with van der Waals surface area (Å²) in [6.45, 7) is 0. The summed E-state index contributed by atoms with van der Waals surface area (Å²) < 4.78 is 0.992. The molecule has 1 atom stereocenters. The van der Waals surface area contributed by atoms with Gasteiger partial charge in [0.2, 0.25) is 11.8 Å². The lowest BCUT2D eigenvalue weighted by atomic mass is 10.0. The van der Waals surface area contributed by atoms with Crippen LogP contribution in [0.5, 0.6) is 0 Å². The second-order valence-corrected chi connectivity index (χ2v) is 6.24. The lowest BCUT2D eigenvalue weighted by Crippen LogP contribution is -2.13. The molecule has 6 nitrogen and oxygen atoms in total. The molecule has 7 heteroatoms. The molecule has 3 aromatic rings. The third kappa shape index (κ3) is 2.35. The van der Waals surface area contributed by atoms with Crippen molar-refractivity contribution in [3.8, 4) is 0 Å². The molecule has 1 aliphatic heterocycles. The molecule has 3 N–H and O–H groups in total. The lowest BCUT2D eigenvalue weighted by molar-refractivity contribution is -0.115. The summed E-state index contributed by atoms with van der Waals surface area (Å²) in [5.74, 6) is -1.05. The Morgan fingerprint density at radius 1 is 1.25 bits per heavy atom. The van der Waals surface area contributed by atoms with Crippen molar-refractivity contribution < 1.29 is 9.59 Å². The molecule has 0 radical (unpaired) electrons. The number of benzene rings is 2. The van der Waals surface area contributed by atoms with Crippen LogP contribution in [0.4, 0.5) is 11.4 Å². The number of nitrogens with two attached hydrogens (primary N) is 1. The average molecular weight is 336 g/mol. The standard InChI is InChI=1S/C17H12N4O2S/c18-16(22)9-1-3-10(4-2-9)19-7-11-14-12(21-17(11)23)5-6-13-15(14)24-8-20-13/h1-8,11H,(H2,18,22)(H,21,23). The first-order valence-corrected chi connectivity index (χ1v) is 8.12. The fourth-order valence-corrected chi connectivity index (χ4v) is 3.60. The Morgan fingerprint density at radius 2 is 2.04 bits per heavy atom. The number of rotatable bonds is 3. The topological polar surface area (TPSA) is 97.4 Å². The number of nitrogens with one attached hydrogen (secondary N) is 1. The first kappa shape index (κ1) is 14.5. The number of aromatic nitrogens is 1. The Hall–Kier alpha value is -3.06. The highest BCUT2D eigenvalue weighted by Gasteiger charge is 2.31. The molecule has 0 fully saturated rings. The second kappa shape index (κ2) is 5.54. The highest BCUT2D eigenvalue weighted by atomic mass is 32.1. The van der Waals surface area contributed by atoms with Gasteiger partial charge in [-0.05, 0) is 36.4 Å². The second-order valence-electron chi connectivity index (χ2n) is 5.38. The maximum Gasteiger partial charge on any atom is 0.248 e. The molecule has 2 aromatic carbocycles. The first-order valence-electron chi connectivity index (χ1n) is 7.24. The molecule has 4 rings (SSSR count). The van der Waals surface area contributed by atoms with Gasteiger partial charge in [-0.3, -0.25) is 14.6 Å². The molecule has 0 aliphatic carbocycles. The van der Waals surface area contributed by atoms with E-state index in [0.717, 1.165) is 21.5 Å². The van der Waals surface area contributed by atoms with Crippen molar-refractivity contribution in [2.45, 2.75) is 5.92 Å². The van der Waals surface area contributed by atoms with E-state index in [2.05, 4.69) is 15.3 Å². The van der Waals surface area contributed by atoms with E-state index in [1.54, 1.807) is 36.0 Å². The van der Waals surface area contributed by atoms with E-state index in [4.69, 9.17) is 5.73 Å². The number of amides is 2. The zero-order valence-electron chi connectivity index (χ0n) is 12.4. The van der Waals surface area contributed by atoms with Crippen LogP contribution in [0.15, 0.2) is 46.9 Å². The maximum atomic E-state index is 12.3. The lowest BCUT2D eigenvalue weighted by Gasteiger charge is -2.03. The SMILES string of the molecule is NC(=O)c1ccc(N=CC2C(=O)Nc3ccc4ncsc4c32)cc1.